The summed E-state index contributed by atoms with van der Waals surface area (Å²) >= 11 is 0. The second-order valence-electron chi connectivity index (χ2n) is 8.36. The lowest BCUT2D eigenvalue weighted by atomic mass is 10.0. The zero-order valence-electron chi connectivity index (χ0n) is 19.4. The van der Waals surface area contributed by atoms with Gasteiger partial charge in [0.1, 0.15) is 29.2 Å². The number of ether oxygens (including phenoxy) is 1. The molecule has 1 aliphatic rings. The third-order valence-corrected chi connectivity index (χ3v) is 6.07. The Labute approximate surface area is 204 Å². The first-order valence-electron chi connectivity index (χ1n) is 11.6. The number of aromatic nitrogens is 1. The Hall–Kier alpha value is -4.80. The summed E-state index contributed by atoms with van der Waals surface area (Å²) in [6, 6.07) is 28.6. The molecule has 4 heteroatoms. The van der Waals surface area contributed by atoms with Gasteiger partial charge in [0.25, 0.3) is 0 Å². The van der Waals surface area contributed by atoms with Crippen molar-refractivity contribution in [2.75, 3.05) is 0 Å². The summed E-state index contributed by atoms with van der Waals surface area (Å²) in [6.45, 7) is 3.17. The van der Waals surface area contributed by atoms with Gasteiger partial charge in [0.2, 0.25) is 0 Å². The van der Waals surface area contributed by atoms with Gasteiger partial charge < -0.3 is 9.30 Å². The molecule has 1 aromatic heterocycles. The van der Waals surface area contributed by atoms with E-state index in [1.165, 1.54) is 21.8 Å². The highest BCUT2D eigenvalue weighted by Gasteiger charge is 2.15. The molecule has 168 valence electrons. The van der Waals surface area contributed by atoms with E-state index in [4.69, 9.17) is 4.74 Å². The van der Waals surface area contributed by atoms with Crippen molar-refractivity contribution in [1.29, 1.82) is 10.5 Å². The zero-order chi connectivity index (χ0) is 24.2. The van der Waals surface area contributed by atoms with Crippen LogP contribution < -0.4 is 0 Å². The van der Waals surface area contributed by atoms with E-state index in [1.54, 1.807) is 12.2 Å². The predicted octanol–water partition coefficient (Wildman–Crippen LogP) is 7.52. The van der Waals surface area contributed by atoms with Crippen LogP contribution in [0.4, 0.5) is 0 Å². The van der Waals surface area contributed by atoms with E-state index < -0.39 is 0 Å². The van der Waals surface area contributed by atoms with Crippen molar-refractivity contribution in [3.63, 3.8) is 0 Å². The maximum atomic E-state index is 9.41. The van der Waals surface area contributed by atoms with Crippen molar-refractivity contribution in [1.82, 2.24) is 4.57 Å². The lowest BCUT2D eigenvalue weighted by Gasteiger charge is -2.16. The third kappa shape index (κ3) is 4.26. The van der Waals surface area contributed by atoms with Crippen LogP contribution in [0.1, 0.15) is 24.5 Å². The van der Waals surface area contributed by atoms with Crippen molar-refractivity contribution >= 4 is 33.6 Å². The van der Waals surface area contributed by atoms with Crippen molar-refractivity contribution in [2.24, 2.45) is 0 Å². The molecule has 0 saturated carbocycles. The minimum absolute atomic E-state index is 0.0535. The van der Waals surface area contributed by atoms with Crippen LogP contribution in [0.15, 0.2) is 108 Å². The summed E-state index contributed by atoms with van der Waals surface area (Å²) in [5.74, 6) is 1.17. The number of rotatable bonds is 5. The number of benzene rings is 3. The van der Waals surface area contributed by atoms with Crippen LogP contribution >= 0.6 is 0 Å². The first-order valence-corrected chi connectivity index (χ1v) is 11.6. The lowest BCUT2D eigenvalue weighted by Crippen LogP contribution is -1.99. The largest absolute Gasteiger partial charge is 0.457 e. The van der Waals surface area contributed by atoms with Crippen LogP contribution in [-0.2, 0) is 11.3 Å². The Morgan fingerprint density at radius 1 is 0.857 bits per heavy atom. The second-order valence-corrected chi connectivity index (χ2v) is 8.36. The van der Waals surface area contributed by atoms with E-state index in [1.807, 2.05) is 54.6 Å². The number of fused-ring (bicyclic) bond motifs is 3. The van der Waals surface area contributed by atoms with E-state index in [-0.39, 0.29) is 5.57 Å². The summed E-state index contributed by atoms with van der Waals surface area (Å²) in [5.41, 5.74) is 4.99. The molecule has 35 heavy (non-hydrogen) atoms. The van der Waals surface area contributed by atoms with Crippen LogP contribution in [0.3, 0.4) is 0 Å². The van der Waals surface area contributed by atoms with E-state index in [0.29, 0.717) is 17.1 Å². The van der Waals surface area contributed by atoms with Crippen LogP contribution in [-0.4, -0.2) is 4.57 Å². The number of hydrogen-bond donors (Lipinski definition) is 0. The van der Waals surface area contributed by atoms with Crippen molar-refractivity contribution in [3.05, 3.63) is 119 Å². The maximum absolute atomic E-state index is 9.41. The molecule has 4 aromatic rings. The SMILES string of the molecule is CCCn1c2ccccc2c2cc(/C=C/C3=CC(=C(C#N)C#N)C=C(c4ccccc4)O3)ccc21. The average Bonchev–Trinajstić information content (AvgIpc) is 3.22. The Morgan fingerprint density at radius 3 is 2.37 bits per heavy atom. The second kappa shape index (κ2) is 9.59. The molecule has 2 heterocycles. The van der Waals surface area contributed by atoms with Gasteiger partial charge in [-0.2, -0.15) is 10.5 Å². The van der Waals surface area contributed by atoms with Crippen LogP contribution in [0.25, 0.3) is 33.6 Å². The first kappa shape index (κ1) is 22.0. The Morgan fingerprint density at radius 2 is 1.60 bits per heavy atom. The number of nitrogens with zero attached hydrogens (tertiary/aromatic N) is 3. The number of para-hydroxylation sites is 1. The fourth-order valence-electron chi connectivity index (χ4n) is 4.47. The molecule has 0 fully saturated rings. The van der Waals surface area contributed by atoms with Crippen molar-refractivity contribution in [3.8, 4) is 12.1 Å². The molecule has 3 aromatic carbocycles. The van der Waals surface area contributed by atoms with Gasteiger partial charge in [-0.05, 0) is 48.4 Å². The molecule has 0 spiro atoms. The van der Waals surface area contributed by atoms with Crippen LogP contribution in [0, 0.1) is 22.7 Å². The van der Waals surface area contributed by atoms with Crippen LogP contribution in [0.5, 0.6) is 0 Å². The summed E-state index contributed by atoms with van der Waals surface area (Å²) in [6.07, 6.45) is 8.43. The fraction of sp³-hybridized carbons (Fsp3) is 0.0968. The van der Waals surface area contributed by atoms with E-state index >= 15 is 0 Å². The molecule has 0 aliphatic carbocycles. The normalized spacial score (nSPS) is 13.3. The van der Waals surface area contributed by atoms with Gasteiger partial charge in [0.15, 0.2) is 0 Å². The highest BCUT2D eigenvalue weighted by molar-refractivity contribution is 6.08. The first-order chi connectivity index (χ1) is 17.2. The third-order valence-electron chi connectivity index (χ3n) is 6.07. The Bertz CT molecular complexity index is 1620. The van der Waals surface area contributed by atoms with E-state index in [9.17, 15) is 10.5 Å². The van der Waals surface area contributed by atoms with Crippen molar-refractivity contribution < 1.29 is 4.74 Å². The molecule has 1 aliphatic heterocycles. The van der Waals surface area contributed by atoms with E-state index in [0.717, 1.165) is 24.1 Å². The minimum atomic E-state index is 0.0535. The summed E-state index contributed by atoms with van der Waals surface area (Å²) in [7, 11) is 0. The Kier molecular flexibility index (Phi) is 6.03. The van der Waals surface area contributed by atoms with Gasteiger partial charge in [0, 0.05) is 39.5 Å². The quantitative estimate of drug-likeness (QED) is 0.294. The lowest BCUT2D eigenvalue weighted by molar-refractivity contribution is 0.396. The molecule has 0 amide bonds. The van der Waals surface area contributed by atoms with Gasteiger partial charge in [0.05, 0.1) is 0 Å². The molecule has 5 rings (SSSR count). The highest BCUT2D eigenvalue weighted by Crippen LogP contribution is 2.32. The van der Waals surface area contributed by atoms with Gasteiger partial charge in [-0.25, -0.2) is 0 Å². The van der Waals surface area contributed by atoms with Gasteiger partial charge in [-0.1, -0.05) is 67.6 Å². The Balaban J connectivity index is 1.54. The van der Waals surface area contributed by atoms with Gasteiger partial charge >= 0.3 is 0 Å². The molecule has 0 unspecified atom stereocenters. The topological polar surface area (TPSA) is 61.7 Å². The summed E-state index contributed by atoms with van der Waals surface area (Å²) in [5, 5.41) is 21.3. The maximum Gasteiger partial charge on any atom is 0.137 e. The number of nitriles is 2. The van der Waals surface area contributed by atoms with E-state index in [2.05, 4.69) is 54.0 Å². The highest BCUT2D eigenvalue weighted by atomic mass is 16.5. The average molecular weight is 454 g/mol. The van der Waals surface area contributed by atoms with Crippen LogP contribution in [0.2, 0.25) is 0 Å². The molecule has 0 radical (unpaired) electrons. The molecule has 0 saturated heterocycles. The molecular weight excluding hydrogens is 430 g/mol. The fourth-order valence-corrected chi connectivity index (χ4v) is 4.47. The summed E-state index contributed by atoms with van der Waals surface area (Å²) in [4.78, 5) is 0. The molecular formula is C31H23N3O. The zero-order valence-corrected chi connectivity index (χ0v) is 19.4. The molecule has 0 bridgehead atoms. The molecule has 0 N–H and O–H groups in total. The predicted molar refractivity (Wildman–Crippen MR) is 141 cm³/mol. The minimum Gasteiger partial charge on any atom is -0.457 e. The number of aryl methyl sites for hydroxylation is 1. The van der Waals surface area contributed by atoms with Gasteiger partial charge in [-0.3, -0.25) is 0 Å². The standard InChI is InChI=1S/C31H23N3O/c1-2-16-34-29-11-7-6-10-27(29)28-17-22(13-15-30(28)34)12-14-26-18-24(25(20-32)21-33)19-31(35-26)23-8-4-3-5-9-23/h3-15,17-19H,2,16H2,1H3/b14-12+. The van der Waals surface area contributed by atoms with Crippen molar-refractivity contribution in [2.45, 2.75) is 19.9 Å². The monoisotopic (exact) mass is 453 g/mol. The number of hydrogen-bond acceptors (Lipinski definition) is 3. The smallest absolute Gasteiger partial charge is 0.137 e. The number of allylic oxidation sites excluding steroid dienone is 5. The molecule has 4 nitrogen and oxygen atoms in total. The van der Waals surface area contributed by atoms with Gasteiger partial charge in [-0.15, -0.1) is 0 Å². The summed E-state index contributed by atoms with van der Waals surface area (Å²) < 4.78 is 8.51. The molecule has 0 atom stereocenters.